The number of anilines is 2. The van der Waals surface area contributed by atoms with Crippen LogP contribution < -0.4 is 11.1 Å². The van der Waals surface area contributed by atoms with Gasteiger partial charge in [0.1, 0.15) is 5.82 Å². The van der Waals surface area contributed by atoms with Crippen LogP contribution in [0.1, 0.15) is 11.1 Å². The molecule has 1 aromatic carbocycles. The largest absolute Gasteiger partial charge is 0.384 e. The van der Waals surface area contributed by atoms with Gasteiger partial charge >= 0.3 is 0 Å². The van der Waals surface area contributed by atoms with Crippen molar-refractivity contribution in [3.63, 3.8) is 0 Å². The van der Waals surface area contributed by atoms with Crippen molar-refractivity contribution < 1.29 is 4.74 Å². The van der Waals surface area contributed by atoms with E-state index in [1.54, 1.807) is 19.4 Å². The lowest BCUT2D eigenvalue weighted by molar-refractivity contribution is 0.185. The molecule has 0 fully saturated rings. The van der Waals surface area contributed by atoms with E-state index in [0.29, 0.717) is 24.9 Å². The van der Waals surface area contributed by atoms with Gasteiger partial charge in [-0.05, 0) is 17.2 Å². The maximum atomic E-state index is 5.58. The molecule has 0 saturated carbocycles. The number of hydrogen-bond acceptors (Lipinski definition) is 5. The fourth-order valence-electron chi connectivity index (χ4n) is 1.64. The molecule has 5 nitrogen and oxygen atoms in total. The zero-order valence-corrected chi connectivity index (χ0v) is 10.3. The number of benzene rings is 1. The first kappa shape index (κ1) is 12.3. The van der Waals surface area contributed by atoms with Crippen LogP contribution in [-0.2, 0) is 17.9 Å². The maximum absolute atomic E-state index is 5.58. The first-order valence-corrected chi connectivity index (χ1v) is 5.67. The first-order chi connectivity index (χ1) is 8.78. The molecule has 0 amide bonds. The first-order valence-electron chi connectivity index (χ1n) is 5.67. The van der Waals surface area contributed by atoms with E-state index in [-0.39, 0.29) is 0 Å². The molecular weight excluding hydrogens is 228 g/mol. The molecule has 0 unspecified atom stereocenters. The SMILES string of the molecule is COCc1cccc(CNc2nccc(N)n2)c1. The molecule has 0 spiro atoms. The Labute approximate surface area is 106 Å². The number of nitrogens with zero attached hydrogens (tertiary/aromatic N) is 2. The fourth-order valence-corrected chi connectivity index (χ4v) is 1.64. The molecular formula is C13H16N4O. The quantitative estimate of drug-likeness (QED) is 0.839. The number of ether oxygens (including phenoxy) is 1. The number of rotatable bonds is 5. The molecule has 0 radical (unpaired) electrons. The summed E-state index contributed by atoms with van der Waals surface area (Å²) in [7, 11) is 1.69. The molecule has 2 rings (SSSR count). The summed E-state index contributed by atoms with van der Waals surface area (Å²) in [6.07, 6.45) is 1.63. The summed E-state index contributed by atoms with van der Waals surface area (Å²) in [5.74, 6) is 0.993. The minimum atomic E-state index is 0.459. The van der Waals surface area contributed by atoms with E-state index in [1.165, 1.54) is 0 Å². The van der Waals surface area contributed by atoms with Gasteiger partial charge < -0.3 is 15.8 Å². The average molecular weight is 244 g/mol. The molecule has 0 aliphatic heterocycles. The number of nitrogens with two attached hydrogens (primary N) is 1. The molecule has 0 saturated heterocycles. The highest BCUT2D eigenvalue weighted by Crippen LogP contribution is 2.09. The van der Waals surface area contributed by atoms with Gasteiger partial charge in [0.2, 0.25) is 5.95 Å². The Bertz CT molecular complexity index is 516. The summed E-state index contributed by atoms with van der Waals surface area (Å²) in [4.78, 5) is 8.16. The van der Waals surface area contributed by atoms with Gasteiger partial charge in [-0.3, -0.25) is 0 Å². The van der Waals surface area contributed by atoms with E-state index in [2.05, 4.69) is 21.4 Å². The summed E-state index contributed by atoms with van der Waals surface area (Å²) >= 11 is 0. The van der Waals surface area contributed by atoms with Crippen LogP contribution in [0.25, 0.3) is 0 Å². The second kappa shape index (κ2) is 5.97. The summed E-state index contributed by atoms with van der Waals surface area (Å²) in [5, 5.41) is 3.13. The van der Waals surface area contributed by atoms with Crippen LogP contribution in [0.15, 0.2) is 36.5 Å². The van der Waals surface area contributed by atoms with E-state index in [0.717, 1.165) is 11.1 Å². The van der Waals surface area contributed by atoms with Crippen LogP contribution in [0.5, 0.6) is 0 Å². The van der Waals surface area contributed by atoms with Crippen molar-refractivity contribution >= 4 is 11.8 Å². The van der Waals surface area contributed by atoms with Crippen molar-refractivity contribution in [2.24, 2.45) is 0 Å². The van der Waals surface area contributed by atoms with Crippen molar-refractivity contribution in [3.8, 4) is 0 Å². The Kier molecular flexibility index (Phi) is 4.09. The number of nitrogen functional groups attached to an aromatic ring is 1. The van der Waals surface area contributed by atoms with Crippen LogP contribution in [0.3, 0.4) is 0 Å². The molecule has 0 aliphatic carbocycles. The van der Waals surface area contributed by atoms with E-state index >= 15 is 0 Å². The third-order valence-electron chi connectivity index (χ3n) is 2.43. The normalized spacial score (nSPS) is 10.3. The van der Waals surface area contributed by atoms with Crippen molar-refractivity contribution in [1.29, 1.82) is 0 Å². The smallest absolute Gasteiger partial charge is 0.224 e. The van der Waals surface area contributed by atoms with Crippen molar-refractivity contribution in [1.82, 2.24) is 9.97 Å². The molecule has 0 bridgehead atoms. The van der Waals surface area contributed by atoms with Crippen LogP contribution in [0.4, 0.5) is 11.8 Å². The Morgan fingerprint density at radius 1 is 1.28 bits per heavy atom. The Morgan fingerprint density at radius 2 is 2.11 bits per heavy atom. The number of hydrogen-bond donors (Lipinski definition) is 2. The lowest BCUT2D eigenvalue weighted by atomic mass is 10.1. The molecule has 1 aromatic heterocycles. The van der Waals surface area contributed by atoms with Crippen LogP contribution >= 0.6 is 0 Å². The number of aromatic nitrogens is 2. The highest BCUT2D eigenvalue weighted by atomic mass is 16.5. The molecule has 5 heteroatoms. The van der Waals surface area contributed by atoms with E-state index < -0.39 is 0 Å². The predicted molar refractivity (Wildman–Crippen MR) is 70.9 cm³/mol. The summed E-state index contributed by atoms with van der Waals surface area (Å²) in [6.45, 7) is 1.27. The second-order valence-corrected chi connectivity index (χ2v) is 3.91. The van der Waals surface area contributed by atoms with Crippen molar-refractivity contribution in [2.45, 2.75) is 13.2 Å². The van der Waals surface area contributed by atoms with Gasteiger partial charge in [0.05, 0.1) is 6.61 Å². The standard InChI is InChI=1S/C13H16N4O/c1-18-9-11-4-2-3-10(7-11)8-16-13-15-6-5-12(14)17-13/h2-7H,8-9H2,1H3,(H3,14,15,16,17). The monoisotopic (exact) mass is 244 g/mol. The van der Waals surface area contributed by atoms with Gasteiger partial charge in [0.15, 0.2) is 0 Å². The highest BCUT2D eigenvalue weighted by Gasteiger charge is 1.98. The van der Waals surface area contributed by atoms with E-state index in [9.17, 15) is 0 Å². The fraction of sp³-hybridized carbons (Fsp3) is 0.231. The molecule has 0 aliphatic rings. The molecule has 18 heavy (non-hydrogen) atoms. The zero-order valence-electron chi connectivity index (χ0n) is 10.3. The van der Waals surface area contributed by atoms with E-state index in [4.69, 9.17) is 10.5 Å². The number of methoxy groups -OCH3 is 1. The Hall–Kier alpha value is -2.14. The zero-order chi connectivity index (χ0) is 12.8. The minimum absolute atomic E-state index is 0.459. The van der Waals surface area contributed by atoms with Gasteiger partial charge in [-0.1, -0.05) is 24.3 Å². The molecule has 0 atom stereocenters. The van der Waals surface area contributed by atoms with Crippen molar-refractivity contribution in [2.75, 3.05) is 18.2 Å². The predicted octanol–water partition coefficient (Wildman–Crippen LogP) is 1.82. The van der Waals surface area contributed by atoms with Gasteiger partial charge in [-0.15, -0.1) is 0 Å². The molecule has 94 valence electrons. The second-order valence-electron chi connectivity index (χ2n) is 3.91. The lowest BCUT2D eigenvalue weighted by Gasteiger charge is -2.07. The summed E-state index contributed by atoms with van der Waals surface area (Å²) < 4.78 is 5.10. The summed E-state index contributed by atoms with van der Waals surface area (Å²) in [5.41, 5.74) is 7.88. The van der Waals surface area contributed by atoms with E-state index in [1.807, 2.05) is 18.2 Å². The lowest BCUT2D eigenvalue weighted by Crippen LogP contribution is -2.05. The molecule has 1 heterocycles. The van der Waals surface area contributed by atoms with Gasteiger partial charge in [-0.25, -0.2) is 4.98 Å². The van der Waals surface area contributed by atoms with Crippen LogP contribution in [0, 0.1) is 0 Å². The minimum Gasteiger partial charge on any atom is -0.384 e. The summed E-state index contributed by atoms with van der Waals surface area (Å²) in [6, 6.07) is 9.82. The third kappa shape index (κ3) is 3.43. The van der Waals surface area contributed by atoms with Crippen LogP contribution in [0.2, 0.25) is 0 Å². The van der Waals surface area contributed by atoms with Crippen molar-refractivity contribution in [3.05, 3.63) is 47.7 Å². The van der Waals surface area contributed by atoms with Gasteiger partial charge in [-0.2, -0.15) is 4.98 Å². The molecule has 2 aromatic rings. The highest BCUT2D eigenvalue weighted by molar-refractivity contribution is 5.36. The Balaban J connectivity index is 1.99. The van der Waals surface area contributed by atoms with Gasteiger partial charge in [0, 0.05) is 19.9 Å². The van der Waals surface area contributed by atoms with Crippen LogP contribution in [-0.4, -0.2) is 17.1 Å². The topological polar surface area (TPSA) is 73.1 Å². The maximum Gasteiger partial charge on any atom is 0.224 e. The number of nitrogens with one attached hydrogen (secondary N) is 1. The molecule has 3 N–H and O–H groups in total. The average Bonchev–Trinajstić information content (AvgIpc) is 2.37. The third-order valence-corrected chi connectivity index (χ3v) is 2.43. The Morgan fingerprint density at radius 3 is 2.89 bits per heavy atom. The van der Waals surface area contributed by atoms with Gasteiger partial charge in [0.25, 0.3) is 0 Å².